The number of aromatic nitrogens is 7. The number of rotatable bonds is 0. The molecule has 0 aromatic carbocycles. The highest BCUT2D eigenvalue weighted by atomic mass is 16.1. The van der Waals surface area contributed by atoms with Crippen molar-refractivity contribution < 1.29 is 4.79 Å². The molecule has 0 spiro atoms. The quantitative estimate of drug-likeness (QED) is 0.485. The normalized spacial score (nSPS) is 15.5. The van der Waals surface area contributed by atoms with E-state index in [1.165, 1.54) is 0 Å². The van der Waals surface area contributed by atoms with E-state index in [1.807, 2.05) is 29.9 Å². The van der Waals surface area contributed by atoms with Crippen LogP contribution in [0.3, 0.4) is 0 Å². The minimum Gasteiger partial charge on any atom is -0.351 e. The highest BCUT2D eigenvalue weighted by molar-refractivity contribution is 5.99. The molecular weight excluding hydrogens is 380 g/mol. The number of hydrogen-bond acceptors (Lipinski definition) is 6. The first-order valence-corrected chi connectivity index (χ1v) is 9.92. The van der Waals surface area contributed by atoms with Crippen molar-refractivity contribution in [2.75, 3.05) is 6.54 Å². The van der Waals surface area contributed by atoms with Crippen molar-refractivity contribution in [3.05, 3.63) is 65.0 Å². The minimum absolute atomic E-state index is 0.247. The minimum atomic E-state index is -0.247. The van der Waals surface area contributed by atoms with Gasteiger partial charge in [0.2, 0.25) is 5.78 Å². The van der Waals surface area contributed by atoms with Gasteiger partial charge in [0.1, 0.15) is 11.4 Å². The molecule has 9 nitrogen and oxygen atoms in total. The molecule has 1 N–H and O–H groups in total. The van der Waals surface area contributed by atoms with Crippen molar-refractivity contribution >= 4 is 17.3 Å². The standard InChI is InChI=1S/C21H18N8O/c1-12-15-11-28(27-12)8-2-6-22-20(30)18-19(29-9-3-7-23-21(29)24-18)17-10-14-13(15)4-5-16(14)25-26-17/h3-4,7,9-11H,2,5-6,8H2,1H3,(H,22,30). The highest BCUT2D eigenvalue weighted by Gasteiger charge is 2.26. The molecule has 4 aromatic rings. The largest absolute Gasteiger partial charge is 0.351 e. The molecule has 1 amide bonds. The third-order valence-corrected chi connectivity index (χ3v) is 5.61. The summed E-state index contributed by atoms with van der Waals surface area (Å²) in [5.41, 5.74) is 6.63. The van der Waals surface area contributed by atoms with Crippen LogP contribution in [-0.2, 0) is 13.0 Å². The molecule has 0 fully saturated rings. The van der Waals surface area contributed by atoms with Crippen LogP contribution in [0.1, 0.15) is 39.4 Å². The number of imidazole rings is 1. The summed E-state index contributed by atoms with van der Waals surface area (Å²) >= 11 is 0. The fourth-order valence-corrected chi connectivity index (χ4v) is 4.19. The Kier molecular flexibility index (Phi) is 3.58. The molecule has 0 saturated heterocycles. The van der Waals surface area contributed by atoms with Crippen molar-refractivity contribution in [3.8, 4) is 11.4 Å². The molecule has 1 aliphatic carbocycles. The lowest BCUT2D eigenvalue weighted by Gasteiger charge is -2.09. The SMILES string of the molecule is Cc1nn2cc1C1=CCc3nnc(cc31)-c1c(nc3ncccn13)C(=O)NCCC2. The van der Waals surface area contributed by atoms with E-state index >= 15 is 0 Å². The molecule has 0 radical (unpaired) electrons. The van der Waals surface area contributed by atoms with Gasteiger partial charge in [0.15, 0.2) is 5.69 Å². The maximum atomic E-state index is 13.0. The molecule has 0 unspecified atom stereocenters. The number of aryl methyl sites for hydroxylation is 2. The first-order chi connectivity index (χ1) is 14.7. The van der Waals surface area contributed by atoms with Crippen molar-refractivity contribution in [1.82, 2.24) is 39.7 Å². The lowest BCUT2D eigenvalue weighted by Crippen LogP contribution is -2.26. The first kappa shape index (κ1) is 17.0. The molecule has 0 atom stereocenters. The zero-order valence-electron chi connectivity index (χ0n) is 16.3. The van der Waals surface area contributed by atoms with Gasteiger partial charge in [-0.2, -0.15) is 10.2 Å². The van der Waals surface area contributed by atoms with Crippen LogP contribution in [-0.4, -0.2) is 46.8 Å². The highest BCUT2D eigenvalue weighted by Crippen LogP contribution is 2.35. The van der Waals surface area contributed by atoms with Gasteiger partial charge >= 0.3 is 0 Å². The molecular formula is C21H18N8O. The third-order valence-electron chi connectivity index (χ3n) is 5.61. The zero-order chi connectivity index (χ0) is 20.2. The molecule has 2 aliphatic rings. The number of amides is 1. The summed E-state index contributed by atoms with van der Waals surface area (Å²) in [6.45, 7) is 3.27. The number of nitrogens with zero attached hydrogens (tertiary/aromatic N) is 7. The van der Waals surface area contributed by atoms with Crippen LogP contribution in [0.15, 0.2) is 36.8 Å². The second-order valence-electron chi connectivity index (χ2n) is 7.51. The van der Waals surface area contributed by atoms with Gasteiger partial charge in [0.05, 0.1) is 11.4 Å². The summed E-state index contributed by atoms with van der Waals surface area (Å²) in [6.07, 6.45) is 9.24. The van der Waals surface area contributed by atoms with E-state index < -0.39 is 0 Å². The zero-order valence-corrected chi connectivity index (χ0v) is 16.3. The lowest BCUT2D eigenvalue weighted by molar-refractivity contribution is 0.0949. The van der Waals surface area contributed by atoms with E-state index in [0.717, 1.165) is 47.5 Å². The second kappa shape index (κ2) is 6.31. The molecule has 1 aliphatic heterocycles. The fraction of sp³-hybridized carbons (Fsp3) is 0.238. The van der Waals surface area contributed by atoms with Crippen molar-refractivity contribution in [1.29, 1.82) is 0 Å². The average molecular weight is 398 g/mol. The number of fused-ring (bicyclic) bond motifs is 8. The molecule has 30 heavy (non-hydrogen) atoms. The number of carbonyl (C=O) groups is 1. The molecule has 6 rings (SSSR count). The lowest BCUT2D eigenvalue weighted by atomic mass is 10.0. The van der Waals surface area contributed by atoms with Crippen LogP contribution >= 0.6 is 0 Å². The van der Waals surface area contributed by atoms with E-state index in [0.29, 0.717) is 29.4 Å². The Morgan fingerprint density at radius 1 is 1.20 bits per heavy atom. The maximum Gasteiger partial charge on any atom is 0.272 e. The van der Waals surface area contributed by atoms with Gasteiger partial charge in [0.25, 0.3) is 5.91 Å². The van der Waals surface area contributed by atoms with Crippen LogP contribution in [0.5, 0.6) is 0 Å². The van der Waals surface area contributed by atoms with E-state index in [-0.39, 0.29) is 5.91 Å². The van der Waals surface area contributed by atoms with Crippen molar-refractivity contribution in [3.63, 3.8) is 0 Å². The Balaban J connectivity index is 1.62. The molecule has 4 aromatic heterocycles. The Bertz CT molecular complexity index is 1360. The number of hydrogen-bond donors (Lipinski definition) is 1. The summed E-state index contributed by atoms with van der Waals surface area (Å²) in [7, 11) is 0. The second-order valence-corrected chi connectivity index (χ2v) is 7.51. The molecule has 0 saturated carbocycles. The van der Waals surface area contributed by atoms with Gasteiger partial charge in [-0.3, -0.25) is 13.9 Å². The number of carbonyl (C=O) groups excluding carboxylic acids is 1. The maximum absolute atomic E-state index is 13.0. The fourth-order valence-electron chi connectivity index (χ4n) is 4.19. The van der Waals surface area contributed by atoms with E-state index in [1.54, 1.807) is 10.6 Å². The van der Waals surface area contributed by atoms with Crippen molar-refractivity contribution in [2.45, 2.75) is 26.3 Å². The predicted molar refractivity (Wildman–Crippen MR) is 109 cm³/mol. The summed E-state index contributed by atoms with van der Waals surface area (Å²) < 4.78 is 3.73. The monoisotopic (exact) mass is 398 g/mol. The Morgan fingerprint density at radius 3 is 3.07 bits per heavy atom. The summed E-state index contributed by atoms with van der Waals surface area (Å²) in [5.74, 6) is 0.207. The first-order valence-electron chi connectivity index (χ1n) is 9.92. The number of allylic oxidation sites excluding steroid dienone is 1. The van der Waals surface area contributed by atoms with E-state index in [9.17, 15) is 4.79 Å². The third kappa shape index (κ3) is 2.48. The molecule has 148 valence electrons. The van der Waals surface area contributed by atoms with E-state index in [4.69, 9.17) is 0 Å². The van der Waals surface area contributed by atoms with Gasteiger partial charge in [-0.25, -0.2) is 9.97 Å². The van der Waals surface area contributed by atoms with Crippen molar-refractivity contribution in [2.24, 2.45) is 0 Å². The van der Waals surface area contributed by atoms with Gasteiger partial charge in [-0.15, -0.1) is 5.10 Å². The Labute approximate surface area is 171 Å². The van der Waals surface area contributed by atoms with Crippen LogP contribution in [0.2, 0.25) is 0 Å². The van der Waals surface area contributed by atoms with Gasteiger partial charge in [0, 0.05) is 49.2 Å². The molecule has 4 bridgehead atoms. The summed E-state index contributed by atoms with van der Waals surface area (Å²) in [4.78, 5) is 21.8. The Morgan fingerprint density at radius 2 is 2.13 bits per heavy atom. The Hall–Kier alpha value is -3.88. The molecule has 5 heterocycles. The predicted octanol–water partition coefficient (Wildman–Crippen LogP) is 1.81. The van der Waals surface area contributed by atoms with E-state index in [2.05, 4.69) is 42.9 Å². The average Bonchev–Trinajstić information content (AvgIpc) is 3.44. The van der Waals surface area contributed by atoms with Crippen LogP contribution < -0.4 is 5.32 Å². The van der Waals surface area contributed by atoms with Crippen LogP contribution in [0.25, 0.3) is 22.7 Å². The number of nitrogens with one attached hydrogen (secondary N) is 1. The van der Waals surface area contributed by atoms with Gasteiger partial charge in [-0.1, -0.05) is 6.08 Å². The summed E-state index contributed by atoms with van der Waals surface area (Å²) in [5, 5.41) is 16.5. The summed E-state index contributed by atoms with van der Waals surface area (Å²) in [6, 6.07) is 3.80. The van der Waals surface area contributed by atoms with Crippen LogP contribution in [0, 0.1) is 6.92 Å². The topological polar surface area (TPSA) is 103 Å². The van der Waals surface area contributed by atoms with Gasteiger partial charge in [-0.05, 0) is 31.1 Å². The smallest absolute Gasteiger partial charge is 0.272 e. The van der Waals surface area contributed by atoms with Crippen LogP contribution in [0.4, 0.5) is 0 Å². The molecule has 9 heteroatoms. The van der Waals surface area contributed by atoms with Gasteiger partial charge < -0.3 is 5.32 Å².